The molecule has 0 saturated heterocycles. The minimum Gasteiger partial charge on any atom is -0.497 e. The lowest BCUT2D eigenvalue weighted by Crippen LogP contribution is -2.28. The summed E-state index contributed by atoms with van der Waals surface area (Å²) in [5, 5.41) is 15.6. The molecule has 180 valence electrons. The number of ether oxygens (including phenoxy) is 1. The summed E-state index contributed by atoms with van der Waals surface area (Å²) in [6.07, 6.45) is 1.86. The van der Waals surface area contributed by atoms with Gasteiger partial charge in [0.1, 0.15) is 5.75 Å². The second-order valence-corrected chi connectivity index (χ2v) is 9.48. The minimum absolute atomic E-state index is 0.802. The zero-order valence-electron chi connectivity index (χ0n) is 20.7. The zero-order chi connectivity index (χ0) is 24.8. The molecule has 0 heterocycles. The summed E-state index contributed by atoms with van der Waals surface area (Å²) in [7, 11) is 1.69. The molecule has 4 nitrogen and oxygen atoms in total. The molecule has 0 bridgehead atoms. The van der Waals surface area contributed by atoms with Crippen LogP contribution in [-0.4, -0.2) is 31.3 Å². The molecule has 0 atom stereocenters. The summed E-state index contributed by atoms with van der Waals surface area (Å²) in [4.78, 5) is 11.8. The van der Waals surface area contributed by atoms with E-state index in [9.17, 15) is 9.90 Å². The van der Waals surface area contributed by atoms with E-state index in [1.807, 2.05) is 30.3 Å². The lowest BCUT2D eigenvalue weighted by molar-refractivity contribution is -0.142. The minimum atomic E-state index is -0.948. The highest BCUT2D eigenvalue weighted by atomic mass is 16.5. The van der Waals surface area contributed by atoms with Gasteiger partial charge >= 0.3 is 5.97 Å². The fraction of sp³-hybridized carbons (Fsp3) is 0.258. The van der Waals surface area contributed by atoms with Crippen LogP contribution in [0, 0.1) is 0 Å². The van der Waals surface area contributed by atoms with Gasteiger partial charge in [-0.25, -0.2) is 0 Å². The fourth-order valence-electron chi connectivity index (χ4n) is 4.37. The zero-order valence-corrected chi connectivity index (χ0v) is 20.7. The summed E-state index contributed by atoms with van der Waals surface area (Å²) >= 11 is 0. The van der Waals surface area contributed by atoms with E-state index in [4.69, 9.17) is 4.74 Å². The molecule has 0 aliphatic rings. The summed E-state index contributed by atoms with van der Waals surface area (Å²) in [6, 6.07) is 29.0. The Morgan fingerprint density at radius 3 is 2.37 bits per heavy atom. The molecule has 4 aromatic carbocycles. The molecule has 4 heteroatoms. The Morgan fingerprint density at radius 1 is 0.857 bits per heavy atom. The van der Waals surface area contributed by atoms with E-state index in [1.165, 1.54) is 21.9 Å². The average molecular weight is 468 g/mol. The first kappa shape index (κ1) is 24.5. The molecular formula is C31H33NO3. The van der Waals surface area contributed by atoms with Crippen LogP contribution in [0.25, 0.3) is 21.9 Å². The van der Waals surface area contributed by atoms with Crippen LogP contribution in [0.5, 0.6) is 5.75 Å². The first-order chi connectivity index (χ1) is 16.9. The number of rotatable bonds is 10. The van der Waals surface area contributed by atoms with Crippen LogP contribution in [0.15, 0.2) is 84.9 Å². The quantitative estimate of drug-likeness (QED) is 0.271. The first-order valence-electron chi connectivity index (χ1n) is 12.1. The molecule has 0 amide bonds. The number of aliphatic carboxylic acids is 1. The van der Waals surface area contributed by atoms with Crippen LogP contribution < -0.4 is 10.1 Å². The maximum absolute atomic E-state index is 11.8. The molecule has 0 aromatic heterocycles. The smallest absolute Gasteiger partial charge is 0.313 e. The first-order valence-corrected chi connectivity index (χ1v) is 12.1. The summed E-state index contributed by atoms with van der Waals surface area (Å²) in [5.74, 6) is 0.0651. The molecule has 4 rings (SSSR count). The summed E-state index contributed by atoms with van der Waals surface area (Å²) < 4.78 is 5.31. The number of methoxy groups -OCH3 is 1. The predicted molar refractivity (Wildman–Crippen MR) is 143 cm³/mol. The van der Waals surface area contributed by atoms with Crippen molar-refractivity contribution in [3.05, 3.63) is 102 Å². The molecule has 2 N–H and O–H groups in total. The van der Waals surface area contributed by atoms with E-state index in [0.717, 1.165) is 48.4 Å². The molecule has 0 radical (unpaired) electrons. The highest BCUT2D eigenvalue weighted by molar-refractivity contribution is 5.97. The van der Waals surface area contributed by atoms with Gasteiger partial charge < -0.3 is 15.2 Å². The van der Waals surface area contributed by atoms with Crippen molar-refractivity contribution in [2.24, 2.45) is 0 Å². The van der Waals surface area contributed by atoms with Gasteiger partial charge in [-0.1, -0.05) is 72.8 Å². The van der Waals surface area contributed by atoms with Gasteiger partial charge in [-0.15, -0.1) is 0 Å². The van der Waals surface area contributed by atoms with E-state index in [1.54, 1.807) is 21.0 Å². The van der Waals surface area contributed by atoms with Crippen LogP contribution in [0.3, 0.4) is 0 Å². The van der Waals surface area contributed by atoms with Gasteiger partial charge in [0.25, 0.3) is 0 Å². The van der Waals surface area contributed by atoms with Crippen molar-refractivity contribution in [2.75, 3.05) is 20.2 Å². The van der Waals surface area contributed by atoms with Crippen LogP contribution in [0.1, 0.15) is 30.5 Å². The lowest BCUT2D eigenvalue weighted by Gasteiger charge is -2.21. The molecule has 0 aliphatic carbocycles. The van der Waals surface area contributed by atoms with Crippen molar-refractivity contribution in [1.82, 2.24) is 5.32 Å². The van der Waals surface area contributed by atoms with Gasteiger partial charge in [-0.05, 0) is 90.5 Å². The third kappa shape index (κ3) is 5.72. The number of benzene rings is 4. The number of carboxylic acids is 1. The fourth-order valence-corrected chi connectivity index (χ4v) is 4.37. The Balaban J connectivity index is 1.51. The van der Waals surface area contributed by atoms with Crippen molar-refractivity contribution < 1.29 is 14.6 Å². The summed E-state index contributed by atoms with van der Waals surface area (Å²) in [5.41, 5.74) is 4.55. The average Bonchev–Trinajstić information content (AvgIpc) is 2.88. The monoisotopic (exact) mass is 467 g/mol. The normalized spacial score (nSPS) is 11.5. The Labute approximate surface area is 207 Å². The third-order valence-corrected chi connectivity index (χ3v) is 6.67. The number of hydrogen-bond acceptors (Lipinski definition) is 3. The molecule has 0 fully saturated rings. The van der Waals surface area contributed by atoms with E-state index >= 15 is 0 Å². The Hall–Kier alpha value is -3.63. The van der Waals surface area contributed by atoms with E-state index in [0.29, 0.717) is 0 Å². The highest BCUT2D eigenvalue weighted by Gasteiger charge is 2.29. The van der Waals surface area contributed by atoms with E-state index in [-0.39, 0.29) is 0 Å². The van der Waals surface area contributed by atoms with Gasteiger partial charge in [0, 0.05) is 0 Å². The van der Waals surface area contributed by atoms with Gasteiger partial charge in [0.15, 0.2) is 0 Å². The number of carbonyl (C=O) groups is 1. The second kappa shape index (κ2) is 10.7. The van der Waals surface area contributed by atoms with Gasteiger partial charge in [0.05, 0.1) is 12.5 Å². The molecule has 0 spiro atoms. The lowest BCUT2D eigenvalue weighted by atomic mass is 9.83. The molecular weight excluding hydrogens is 434 g/mol. The Morgan fingerprint density at radius 2 is 1.60 bits per heavy atom. The van der Waals surface area contributed by atoms with Crippen LogP contribution in [0.4, 0.5) is 0 Å². The van der Waals surface area contributed by atoms with Crippen molar-refractivity contribution in [3.8, 4) is 16.9 Å². The molecule has 0 saturated carbocycles. The van der Waals surface area contributed by atoms with Gasteiger partial charge in [-0.2, -0.15) is 0 Å². The van der Waals surface area contributed by atoms with Crippen LogP contribution in [-0.2, 0) is 23.1 Å². The predicted octanol–water partition coefficient (Wildman–Crippen LogP) is 6.25. The summed E-state index contributed by atoms with van der Waals surface area (Å²) in [6.45, 7) is 5.29. The topological polar surface area (TPSA) is 58.6 Å². The van der Waals surface area contributed by atoms with Gasteiger partial charge in [-0.3, -0.25) is 4.79 Å². The maximum atomic E-state index is 11.8. The third-order valence-electron chi connectivity index (χ3n) is 6.67. The standard InChI is InChI=1S/C31H33NO3/c1-31(2,30(33)34)26-11-7-10-25(21-26)29-20-23(18-24-9-4-5-13-28(24)29)15-17-32-16-14-22-8-6-12-27(19-22)35-3/h4-13,18-21,32H,14-17H2,1-3H3,(H,33,34). The Bertz CT molecular complexity index is 1330. The van der Waals surface area contributed by atoms with E-state index < -0.39 is 11.4 Å². The van der Waals surface area contributed by atoms with Crippen molar-refractivity contribution in [3.63, 3.8) is 0 Å². The maximum Gasteiger partial charge on any atom is 0.313 e. The van der Waals surface area contributed by atoms with Crippen LogP contribution >= 0.6 is 0 Å². The van der Waals surface area contributed by atoms with Gasteiger partial charge in [0.2, 0.25) is 0 Å². The second-order valence-electron chi connectivity index (χ2n) is 9.48. The van der Waals surface area contributed by atoms with Crippen molar-refractivity contribution >= 4 is 16.7 Å². The van der Waals surface area contributed by atoms with Crippen molar-refractivity contribution in [1.29, 1.82) is 0 Å². The molecule has 0 unspecified atom stereocenters. The number of nitrogens with one attached hydrogen (secondary N) is 1. The molecule has 35 heavy (non-hydrogen) atoms. The molecule has 0 aliphatic heterocycles. The Kier molecular flexibility index (Phi) is 7.52. The van der Waals surface area contributed by atoms with Crippen LogP contribution in [0.2, 0.25) is 0 Å². The van der Waals surface area contributed by atoms with E-state index in [2.05, 4.69) is 59.9 Å². The largest absolute Gasteiger partial charge is 0.497 e. The highest BCUT2D eigenvalue weighted by Crippen LogP contribution is 2.33. The SMILES string of the molecule is COc1cccc(CCNCCc2cc(-c3cccc(C(C)(C)C(=O)O)c3)c3ccccc3c2)c1. The van der Waals surface area contributed by atoms with Crippen molar-refractivity contribution in [2.45, 2.75) is 32.1 Å². The molecule has 4 aromatic rings. The number of carboxylic acid groups (broad SMARTS) is 1. The number of fused-ring (bicyclic) bond motifs is 1. The number of hydrogen-bond donors (Lipinski definition) is 2.